The number of benzene rings is 2. The first kappa shape index (κ1) is 14.5. The second-order valence-corrected chi connectivity index (χ2v) is 4.79. The van der Waals surface area contributed by atoms with Gasteiger partial charge in [0.2, 0.25) is 0 Å². The summed E-state index contributed by atoms with van der Waals surface area (Å²) in [6.45, 7) is 0. The number of fused-ring (bicyclic) bond motifs is 1. The fourth-order valence-corrected chi connectivity index (χ4v) is 2.37. The predicted octanol–water partition coefficient (Wildman–Crippen LogP) is 3.58. The highest BCUT2D eigenvalue weighted by molar-refractivity contribution is 6.01. The van der Waals surface area contributed by atoms with E-state index in [2.05, 4.69) is 10.3 Å². The number of aromatic carboxylic acids is 1. The molecule has 0 radical (unpaired) electrons. The SMILES string of the molecule is O=C(O)c1cccc([N+](=O)[O-])c1Nc1cccc2cnccc12. The van der Waals surface area contributed by atoms with Crippen LogP contribution in [0.25, 0.3) is 10.8 Å². The summed E-state index contributed by atoms with van der Waals surface area (Å²) in [5.74, 6) is -1.24. The van der Waals surface area contributed by atoms with E-state index >= 15 is 0 Å². The van der Waals surface area contributed by atoms with Gasteiger partial charge < -0.3 is 10.4 Å². The Bertz CT molecular complexity index is 887. The quantitative estimate of drug-likeness (QED) is 0.563. The highest BCUT2D eigenvalue weighted by atomic mass is 16.6. The first-order chi connectivity index (χ1) is 11.1. The lowest BCUT2D eigenvalue weighted by Gasteiger charge is -2.12. The third kappa shape index (κ3) is 2.67. The molecule has 3 aromatic rings. The number of carboxylic acids is 1. The molecule has 0 unspecified atom stereocenters. The molecule has 2 aromatic carbocycles. The van der Waals surface area contributed by atoms with E-state index < -0.39 is 10.9 Å². The Morgan fingerprint density at radius 2 is 1.96 bits per heavy atom. The van der Waals surface area contributed by atoms with Gasteiger partial charge in [0.25, 0.3) is 5.69 Å². The molecule has 1 aromatic heterocycles. The first-order valence-corrected chi connectivity index (χ1v) is 6.68. The second-order valence-electron chi connectivity index (χ2n) is 4.79. The Labute approximate surface area is 130 Å². The van der Waals surface area contributed by atoms with Crippen LogP contribution in [-0.4, -0.2) is 21.0 Å². The molecule has 0 atom stereocenters. The third-order valence-corrected chi connectivity index (χ3v) is 3.41. The summed E-state index contributed by atoms with van der Waals surface area (Å²) in [5.41, 5.74) is 0.0669. The normalized spacial score (nSPS) is 10.4. The number of nitrogens with zero attached hydrogens (tertiary/aromatic N) is 2. The number of hydrogen-bond donors (Lipinski definition) is 2. The van der Waals surface area contributed by atoms with E-state index in [1.807, 2.05) is 6.07 Å². The molecule has 2 N–H and O–H groups in total. The maximum atomic E-state index is 11.4. The molecule has 0 saturated carbocycles. The number of rotatable bonds is 4. The molecule has 114 valence electrons. The minimum absolute atomic E-state index is 0.0469. The van der Waals surface area contributed by atoms with Gasteiger partial charge in [0.15, 0.2) is 0 Å². The van der Waals surface area contributed by atoms with Crippen LogP contribution >= 0.6 is 0 Å². The number of nitro benzene ring substituents is 1. The lowest BCUT2D eigenvalue weighted by Crippen LogP contribution is -2.06. The summed E-state index contributed by atoms with van der Waals surface area (Å²) in [4.78, 5) is 26.0. The summed E-state index contributed by atoms with van der Waals surface area (Å²) in [7, 11) is 0. The van der Waals surface area contributed by atoms with Gasteiger partial charge in [-0.1, -0.05) is 18.2 Å². The molecule has 1 heterocycles. The van der Waals surface area contributed by atoms with Crippen LogP contribution in [0.3, 0.4) is 0 Å². The topological polar surface area (TPSA) is 105 Å². The van der Waals surface area contributed by atoms with Crippen LogP contribution in [-0.2, 0) is 0 Å². The standard InChI is InChI=1S/C16H11N3O4/c20-16(21)12-4-2-6-14(19(22)23)15(12)18-13-5-1-3-10-9-17-8-7-11(10)13/h1-9,18H,(H,20,21). The maximum absolute atomic E-state index is 11.4. The van der Waals surface area contributed by atoms with E-state index in [9.17, 15) is 20.0 Å². The van der Waals surface area contributed by atoms with Crippen molar-refractivity contribution in [2.24, 2.45) is 0 Å². The number of para-hydroxylation sites is 1. The number of pyridine rings is 1. The zero-order valence-electron chi connectivity index (χ0n) is 11.8. The van der Waals surface area contributed by atoms with Crippen LogP contribution in [0.4, 0.5) is 17.1 Å². The van der Waals surface area contributed by atoms with E-state index in [1.165, 1.54) is 18.2 Å². The average Bonchev–Trinajstić information content (AvgIpc) is 2.55. The summed E-state index contributed by atoms with van der Waals surface area (Å²) < 4.78 is 0. The Morgan fingerprint density at radius 1 is 1.17 bits per heavy atom. The van der Waals surface area contributed by atoms with Crippen LogP contribution < -0.4 is 5.32 Å². The monoisotopic (exact) mass is 309 g/mol. The third-order valence-electron chi connectivity index (χ3n) is 3.41. The average molecular weight is 309 g/mol. The van der Waals surface area contributed by atoms with Crippen LogP contribution in [0.1, 0.15) is 10.4 Å². The van der Waals surface area contributed by atoms with E-state index in [0.29, 0.717) is 5.69 Å². The highest BCUT2D eigenvalue weighted by Crippen LogP contribution is 2.33. The number of anilines is 2. The summed E-state index contributed by atoms with van der Waals surface area (Å²) in [6, 6.07) is 11.0. The molecule has 0 spiro atoms. The number of carbonyl (C=O) groups is 1. The van der Waals surface area contributed by atoms with Crippen LogP contribution in [0.2, 0.25) is 0 Å². The van der Waals surface area contributed by atoms with Crippen molar-refractivity contribution in [3.05, 3.63) is 70.5 Å². The molecule has 7 nitrogen and oxygen atoms in total. The zero-order valence-corrected chi connectivity index (χ0v) is 11.8. The van der Waals surface area contributed by atoms with Crippen LogP contribution in [0, 0.1) is 10.1 Å². The van der Waals surface area contributed by atoms with Gasteiger partial charge in [0.05, 0.1) is 10.5 Å². The fourth-order valence-electron chi connectivity index (χ4n) is 2.37. The van der Waals surface area contributed by atoms with Crippen molar-refractivity contribution in [3.8, 4) is 0 Å². The Kier molecular flexibility index (Phi) is 3.60. The van der Waals surface area contributed by atoms with Crippen molar-refractivity contribution in [1.82, 2.24) is 4.98 Å². The minimum Gasteiger partial charge on any atom is -0.478 e. The summed E-state index contributed by atoms with van der Waals surface area (Å²) in [5, 5.41) is 25.0. The van der Waals surface area contributed by atoms with Crippen molar-refractivity contribution < 1.29 is 14.8 Å². The van der Waals surface area contributed by atoms with Gasteiger partial charge in [-0.15, -0.1) is 0 Å². The van der Waals surface area contributed by atoms with Gasteiger partial charge in [0, 0.05) is 34.9 Å². The zero-order chi connectivity index (χ0) is 16.4. The van der Waals surface area contributed by atoms with E-state index in [1.54, 1.807) is 30.6 Å². The van der Waals surface area contributed by atoms with Gasteiger partial charge >= 0.3 is 5.97 Å². The number of nitro groups is 1. The van der Waals surface area contributed by atoms with Crippen LogP contribution in [0.5, 0.6) is 0 Å². The summed E-state index contributed by atoms with van der Waals surface area (Å²) >= 11 is 0. The smallest absolute Gasteiger partial charge is 0.338 e. The van der Waals surface area contributed by atoms with Crippen LogP contribution in [0.15, 0.2) is 54.9 Å². The molecule has 0 bridgehead atoms. The number of hydrogen-bond acceptors (Lipinski definition) is 5. The first-order valence-electron chi connectivity index (χ1n) is 6.68. The molecule has 0 aliphatic carbocycles. The minimum atomic E-state index is -1.24. The van der Waals surface area contributed by atoms with Gasteiger partial charge in [-0.2, -0.15) is 0 Å². The van der Waals surface area contributed by atoms with Gasteiger partial charge in [-0.3, -0.25) is 15.1 Å². The molecular formula is C16H11N3O4. The van der Waals surface area contributed by atoms with Crippen molar-refractivity contribution >= 4 is 33.8 Å². The largest absolute Gasteiger partial charge is 0.478 e. The lowest BCUT2D eigenvalue weighted by atomic mass is 10.1. The number of aromatic nitrogens is 1. The molecule has 0 saturated heterocycles. The second kappa shape index (κ2) is 5.72. The Morgan fingerprint density at radius 3 is 2.70 bits per heavy atom. The summed E-state index contributed by atoms with van der Waals surface area (Å²) in [6.07, 6.45) is 3.27. The van der Waals surface area contributed by atoms with E-state index in [0.717, 1.165) is 10.8 Å². The Balaban J connectivity index is 2.19. The predicted molar refractivity (Wildman–Crippen MR) is 85.1 cm³/mol. The van der Waals surface area contributed by atoms with Crippen molar-refractivity contribution in [2.45, 2.75) is 0 Å². The number of nitrogens with one attached hydrogen (secondary N) is 1. The molecule has 7 heteroatoms. The molecule has 0 fully saturated rings. The van der Waals surface area contributed by atoms with Gasteiger partial charge in [0.1, 0.15) is 5.69 Å². The molecule has 0 aliphatic rings. The molecular weight excluding hydrogens is 298 g/mol. The van der Waals surface area contributed by atoms with Gasteiger partial charge in [-0.25, -0.2) is 4.79 Å². The lowest BCUT2D eigenvalue weighted by molar-refractivity contribution is -0.383. The van der Waals surface area contributed by atoms with Crippen molar-refractivity contribution in [2.75, 3.05) is 5.32 Å². The highest BCUT2D eigenvalue weighted by Gasteiger charge is 2.21. The molecule has 23 heavy (non-hydrogen) atoms. The van der Waals surface area contributed by atoms with E-state index in [-0.39, 0.29) is 16.9 Å². The number of carboxylic acid groups (broad SMARTS) is 1. The fraction of sp³-hybridized carbons (Fsp3) is 0. The van der Waals surface area contributed by atoms with Crippen molar-refractivity contribution in [1.29, 1.82) is 0 Å². The van der Waals surface area contributed by atoms with Gasteiger partial charge in [-0.05, 0) is 18.2 Å². The molecule has 0 aliphatic heterocycles. The van der Waals surface area contributed by atoms with Crippen molar-refractivity contribution in [3.63, 3.8) is 0 Å². The Hall–Kier alpha value is -3.48. The molecule has 0 amide bonds. The maximum Gasteiger partial charge on any atom is 0.338 e. The molecule has 3 rings (SSSR count). The van der Waals surface area contributed by atoms with E-state index in [4.69, 9.17) is 0 Å².